The SMILES string of the molecule is C#C[C@H]1CC[C@H]2[C@@H]3CC[C@H]4C[C@H](O)CC[C@]4(COC(C)=O)[C@H]3CC[C@]12C.C=C(CO)C1CC[C@H]2[C@@H]3CC[C@H]4C[C@H](O)CC[C@]4(C)[C@H]3[C@@H](OC(C)=O)C[C@]12C.CC(=O)O[C@H]1C[C@@H]2[C@H](CC[C@]3(C)[C@@H](C(C)=O)CC[C@@H]23)[C@@]2(C)CC[C@@H](O)C[C@H]12.CO[C@H]1CC[C@H]2[C@@H]3CC[C@H]4C[C@H](O)CC[C@]4(COC(C)=O)[C@H]3CC[C@]12C. The second-order valence-corrected chi connectivity index (χ2v) is 41.3. The summed E-state index contributed by atoms with van der Waals surface area (Å²) in [5, 5.41) is 50.9. The van der Waals surface area contributed by atoms with Crippen molar-refractivity contribution in [2.24, 2.45) is 156 Å². The third-order valence-corrected chi connectivity index (χ3v) is 37.2. The van der Waals surface area contributed by atoms with Crippen molar-refractivity contribution in [3.05, 3.63) is 12.2 Å². The second-order valence-electron chi connectivity index (χ2n) is 41.3. The fourth-order valence-corrected chi connectivity index (χ4v) is 32.4. The van der Waals surface area contributed by atoms with Gasteiger partial charge in [0.15, 0.2) is 0 Å². The van der Waals surface area contributed by atoms with Gasteiger partial charge in [-0.2, -0.15) is 0 Å². The molecule has 16 fully saturated rings. The van der Waals surface area contributed by atoms with Crippen LogP contribution in [0, 0.1) is 168 Å². The van der Waals surface area contributed by atoms with Crippen molar-refractivity contribution in [3.63, 3.8) is 0 Å². The number of hydrogen-bond donors (Lipinski definition) is 5. The normalized spacial score (nSPS) is 50.6. The van der Waals surface area contributed by atoms with E-state index in [0.717, 1.165) is 139 Å². The molecule has 107 heavy (non-hydrogen) atoms. The summed E-state index contributed by atoms with van der Waals surface area (Å²) < 4.78 is 29.1. The summed E-state index contributed by atoms with van der Waals surface area (Å²) >= 11 is 0. The van der Waals surface area contributed by atoms with Crippen LogP contribution < -0.4 is 0 Å². The van der Waals surface area contributed by atoms with Crippen LogP contribution in [0.1, 0.15) is 294 Å². The Morgan fingerprint density at radius 1 is 0.411 bits per heavy atom. The van der Waals surface area contributed by atoms with Crippen molar-refractivity contribution in [1.82, 2.24) is 0 Å². The van der Waals surface area contributed by atoms with Crippen LogP contribution >= 0.6 is 0 Å². The van der Waals surface area contributed by atoms with Gasteiger partial charge in [-0.1, -0.05) is 48.1 Å². The highest BCUT2D eigenvalue weighted by Crippen LogP contribution is 2.73. The lowest BCUT2D eigenvalue weighted by Gasteiger charge is -2.62. The first-order valence-electron chi connectivity index (χ1n) is 43.8. The molecule has 5 N–H and O–H groups in total. The van der Waals surface area contributed by atoms with Crippen molar-refractivity contribution >= 4 is 29.7 Å². The minimum Gasteiger partial charge on any atom is -0.465 e. The average molecular weight is 1490 g/mol. The standard InChI is InChI=1S/C24H38O4.C23H36O4.C23H34O3.C22H36O4/c1-14(13-25)19-7-8-20-18-6-5-16-11-17(27)9-10-23(16,3)22(18)21(28-15(2)26)12-24(19,20)4;1-13(24)17-5-6-18-16-12-21(27-14(2)25)20-11-15(26)7-9-23(20,4)19(16)8-10-22(17,18)3;1-4-16-6-8-20-19-7-5-17-13-18(25)9-12-23(17,14-26-15(2)24)21(19)10-11-22(16,20)3;1-14(23)26-13-22-11-8-16(24)12-15(22)4-5-17-18-6-7-20(25-3)21(18,2)10-9-19(17)22/h16-22,25,27H,1,5-13H2,2-4H3;15-21,26H,5-12H2,1-4H3;1,16-21,25H,5-14H2,2-3H3;15-20,24H,4-13H2,1-3H3/t16-,17+,18-,19?,20-,21-,22+,23-,24+;15-,16+,17-,18+,19+,20-,21+,22-,23-;16-,17-,18+,19-,20-,21-,22+,23+;15-,16+,17-,18-,19-,20-,21-,22+/m0100/s1. The monoisotopic (exact) mass is 1490 g/mol. The van der Waals surface area contributed by atoms with E-state index in [1.54, 1.807) is 6.92 Å². The van der Waals surface area contributed by atoms with Gasteiger partial charge in [0.2, 0.25) is 0 Å². The number of ether oxygens (including phenoxy) is 5. The smallest absolute Gasteiger partial charge is 0.302 e. The third-order valence-electron chi connectivity index (χ3n) is 37.2. The number of carbonyl (C=O) groups is 5. The number of ketones is 1. The Bertz CT molecular complexity index is 3270. The largest absolute Gasteiger partial charge is 0.465 e. The summed E-state index contributed by atoms with van der Waals surface area (Å²) in [4.78, 5) is 59.4. The zero-order valence-corrected chi connectivity index (χ0v) is 68.3. The van der Waals surface area contributed by atoms with Gasteiger partial charge in [-0.05, 0) is 352 Å². The van der Waals surface area contributed by atoms with E-state index < -0.39 is 0 Å². The highest BCUT2D eigenvalue weighted by atomic mass is 16.6. The van der Waals surface area contributed by atoms with E-state index in [9.17, 15) is 49.5 Å². The van der Waals surface area contributed by atoms with Crippen molar-refractivity contribution in [1.29, 1.82) is 0 Å². The summed E-state index contributed by atoms with van der Waals surface area (Å²) in [5.41, 5.74) is 2.21. The second kappa shape index (κ2) is 31.4. The average Bonchev–Trinajstić information content (AvgIpc) is 1.70. The fraction of sp³-hybridized carbons (Fsp3) is 0.902. The van der Waals surface area contributed by atoms with E-state index in [0.29, 0.717) is 119 Å². The van der Waals surface area contributed by atoms with Gasteiger partial charge in [0.25, 0.3) is 0 Å². The first-order valence-corrected chi connectivity index (χ1v) is 43.8. The van der Waals surface area contributed by atoms with Gasteiger partial charge < -0.3 is 49.2 Å². The number of rotatable bonds is 10. The van der Waals surface area contributed by atoms with Crippen LogP contribution in [0.25, 0.3) is 0 Å². The molecule has 0 bridgehead atoms. The van der Waals surface area contributed by atoms with Gasteiger partial charge in [0.05, 0.1) is 50.3 Å². The lowest BCUT2D eigenvalue weighted by Crippen LogP contribution is -2.60. The van der Waals surface area contributed by atoms with Crippen LogP contribution in [-0.4, -0.2) is 125 Å². The van der Waals surface area contributed by atoms with Crippen LogP contribution in [0.3, 0.4) is 0 Å². The molecule has 15 heteroatoms. The van der Waals surface area contributed by atoms with Gasteiger partial charge in [-0.25, -0.2) is 0 Å². The highest BCUT2D eigenvalue weighted by molar-refractivity contribution is 5.79. The van der Waals surface area contributed by atoms with Gasteiger partial charge in [-0.15, -0.1) is 12.3 Å². The maximum absolute atomic E-state index is 12.3. The van der Waals surface area contributed by atoms with Gasteiger partial charge in [-0.3, -0.25) is 24.0 Å². The molecule has 0 amide bonds. The summed E-state index contributed by atoms with van der Waals surface area (Å²) in [5.74, 6) is 13.0. The van der Waals surface area contributed by atoms with E-state index in [-0.39, 0.29) is 111 Å². The Labute approximate surface area is 644 Å². The van der Waals surface area contributed by atoms with Crippen molar-refractivity contribution in [2.75, 3.05) is 26.9 Å². The molecule has 0 spiro atoms. The number of methoxy groups -OCH3 is 1. The predicted octanol–water partition coefficient (Wildman–Crippen LogP) is 16.4. The molecule has 0 radical (unpaired) electrons. The van der Waals surface area contributed by atoms with Gasteiger partial charge >= 0.3 is 23.9 Å². The van der Waals surface area contributed by atoms with Gasteiger partial charge in [0, 0.05) is 69.3 Å². The number of Topliss-reactive ketones (excluding diaryl/α,β-unsaturated/α-hetero) is 1. The number of terminal acetylenes is 1. The Balaban J connectivity index is 0.000000126. The molecule has 16 aliphatic carbocycles. The van der Waals surface area contributed by atoms with Crippen LogP contribution in [0.5, 0.6) is 0 Å². The predicted molar refractivity (Wildman–Crippen MR) is 412 cm³/mol. The first-order chi connectivity index (χ1) is 50.7. The highest BCUT2D eigenvalue weighted by Gasteiger charge is 2.68. The number of aliphatic hydroxyl groups excluding tert-OH is 5. The molecule has 0 aromatic carbocycles. The first kappa shape index (κ1) is 81.6. The van der Waals surface area contributed by atoms with E-state index in [1.165, 1.54) is 130 Å². The number of aliphatic hydroxyl groups is 5. The molecular weight excluding hydrogens is 1340 g/mol. The number of fused-ring (bicyclic) bond motifs is 20. The van der Waals surface area contributed by atoms with Crippen LogP contribution in [0.2, 0.25) is 0 Å². The molecule has 16 rings (SSSR count). The van der Waals surface area contributed by atoms with Crippen molar-refractivity contribution < 1.29 is 73.2 Å². The fourth-order valence-electron chi connectivity index (χ4n) is 32.4. The molecule has 16 saturated carbocycles. The molecule has 1 unspecified atom stereocenters. The Morgan fingerprint density at radius 3 is 1.40 bits per heavy atom. The van der Waals surface area contributed by atoms with E-state index in [4.69, 9.17) is 30.1 Å². The summed E-state index contributed by atoms with van der Waals surface area (Å²) in [6.07, 6.45) is 42.0. The number of carbonyl (C=O) groups excluding carboxylic acids is 5. The number of esters is 4. The molecule has 15 nitrogen and oxygen atoms in total. The molecule has 34 atom stereocenters. The lowest BCUT2D eigenvalue weighted by molar-refractivity contribution is -0.196. The molecule has 0 heterocycles. The van der Waals surface area contributed by atoms with Crippen LogP contribution in [0.15, 0.2) is 12.2 Å². The molecule has 16 aliphatic rings. The van der Waals surface area contributed by atoms with E-state index >= 15 is 0 Å². The molecule has 0 aliphatic heterocycles. The number of hydrogen-bond acceptors (Lipinski definition) is 15. The van der Waals surface area contributed by atoms with E-state index in [2.05, 4.69) is 54.0 Å². The molecular formula is C92H144O15. The topological polar surface area (TPSA) is 233 Å². The molecule has 0 saturated heterocycles. The minimum atomic E-state index is -0.264. The van der Waals surface area contributed by atoms with Gasteiger partial charge in [0.1, 0.15) is 18.0 Å². The van der Waals surface area contributed by atoms with E-state index in [1.807, 2.05) is 7.11 Å². The van der Waals surface area contributed by atoms with Crippen molar-refractivity contribution in [2.45, 2.75) is 337 Å². The molecule has 0 aromatic heterocycles. The Kier molecular flexibility index (Phi) is 24.0. The Hall–Kier alpha value is -3.39. The summed E-state index contributed by atoms with van der Waals surface area (Å²) in [6, 6.07) is 0. The molecule has 602 valence electrons. The summed E-state index contributed by atoms with van der Waals surface area (Å²) in [6.45, 7) is 27.7. The zero-order valence-electron chi connectivity index (χ0n) is 68.3. The summed E-state index contributed by atoms with van der Waals surface area (Å²) in [7, 11) is 1.88. The van der Waals surface area contributed by atoms with Crippen LogP contribution in [0.4, 0.5) is 0 Å². The maximum Gasteiger partial charge on any atom is 0.302 e. The quantitative estimate of drug-likeness (QED) is 0.0592. The van der Waals surface area contributed by atoms with Crippen LogP contribution in [-0.2, 0) is 47.7 Å². The maximum atomic E-state index is 12.3. The van der Waals surface area contributed by atoms with Crippen molar-refractivity contribution in [3.8, 4) is 12.3 Å². The third kappa shape index (κ3) is 14.4. The molecule has 0 aromatic rings. The minimum absolute atomic E-state index is 0.0526. The lowest BCUT2D eigenvalue weighted by atomic mass is 9.43. The zero-order chi connectivity index (χ0) is 76.9. The Morgan fingerprint density at radius 2 is 0.850 bits per heavy atom.